The number of halogens is 3. The number of aromatic nitrogens is 4. The van der Waals surface area contributed by atoms with Gasteiger partial charge in [-0.15, -0.1) is 0 Å². The number of hydrogen-bond acceptors (Lipinski definition) is 5. The maximum atomic E-state index is 12.8. The van der Waals surface area contributed by atoms with E-state index in [1.165, 1.54) is 0 Å². The Morgan fingerprint density at radius 2 is 1.85 bits per heavy atom. The molecule has 3 heterocycles. The molecular weight excluding hydrogens is 359 g/mol. The molecular formula is C18H20F3N5O. The summed E-state index contributed by atoms with van der Waals surface area (Å²) in [6.07, 6.45) is 2.02. The van der Waals surface area contributed by atoms with E-state index in [1.807, 2.05) is 0 Å². The van der Waals surface area contributed by atoms with Crippen molar-refractivity contribution in [3.05, 3.63) is 46.4 Å². The molecule has 0 bridgehead atoms. The van der Waals surface area contributed by atoms with Crippen LogP contribution in [0.3, 0.4) is 0 Å². The quantitative estimate of drug-likeness (QED) is 0.817. The van der Waals surface area contributed by atoms with Crippen molar-refractivity contribution in [1.82, 2.24) is 19.5 Å². The molecule has 1 saturated heterocycles. The minimum Gasteiger partial charge on any atom is -0.341 e. The lowest BCUT2D eigenvalue weighted by Gasteiger charge is -2.32. The van der Waals surface area contributed by atoms with E-state index in [-0.39, 0.29) is 17.4 Å². The molecule has 1 aliphatic heterocycles. The van der Waals surface area contributed by atoms with Crippen LogP contribution in [-0.4, -0.2) is 32.6 Å². The highest BCUT2D eigenvalue weighted by molar-refractivity contribution is 5.31. The smallest absolute Gasteiger partial charge is 0.341 e. The molecule has 0 spiro atoms. The fourth-order valence-corrected chi connectivity index (χ4v) is 3.43. The van der Waals surface area contributed by atoms with Crippen molar-refractivity contribution in [1.29, 1.82) is 0 Å². The monoisotopic (exact) mass is 379 g/mol. The van der Waals surface area contributed by atoms with E-state index in [1.54, 1.807) is 21.9 Å². The van der Waals surface area contributed by atoms with Gasteiger partial charge in [0.15, 0.2) is 0 Å². The van der Waals surface area contributed by atoms with Gasteiger partial charge in [0, 0.05) is 37.8 Å². The Hall–Kier alpha value is -2.45. The Kier molecular flexibility index (Phi) is 4.61. The molecule has 1 saturated carbocycles. The SMILES string of the molecule is O=c1cc(C2CC2)ncn1CC1CCN(c2nccc(C(F)(F)F)n2)CC1. The molecule has 0 aromatic carbocycles. The van der Waals surface area contributed by atoms with Crippen molar-refractivity contribution >= 4 is 5.95 Å². The highest BCUT2D eigenvalue weighted by Crippen LogP contribution is 2.38. The van der Waals surface area contributed by atoms with E-state index in [2.05, 4.69) is 15.0 Å². The van der Waals surface area contributed by atoms with Gasteiger partial charge in [-0.2, -0.15) is 13.2 Å². The zero-order valence-corrected chi connectivity index (χ0v) is 14.7. The van der Waals surface area contributed by atoms with Gasteiger partial charge in [0.1, 0.15) is 5.69 Å². The molecule has 0 N–H and O–H groups in total. The van der Waals surface area contributed by atoms with Crippen LogP contribution in [0.2, 0.25) is 0 Å². The van der Waals surface area contributed by atoms with E-state index < -0.39 is 11.9 Å². The van der Waals surface area contributed by atoms with Crippen LogP contribution in [0.5, 0.6) is 0 Å². The molecule has 0 atom stereocenters. The summed E-state index contributed by atoms with van der Waals surface area (Å²) in [6.45, 7) is 1.71. The Balaban J connectivity index is 1.37. The predicted molar refractivity (Wildman–Crippen MR) is 92.4 cm³/mol. The molecule has 2 fully saturated rings. The van der Waals surface area contributed by atoms with Crippen LogP contribution in [0, 0.1) is 5.92 Å². The van der Waals surface area contributed by atoms with E-state index in [9.17, 15) is 18.0 Å². The summed E-state index contributed by atoms with van der Waals surface area (Å²) < 4.78 is 40.1. The molecule has 2 aromatic heterocycles. The standard InChI is InChI=1S/C18H20F3N5O/c19-18(20,21)15-3-6-22-17(24-15)25-7-4-12(5-8-25)10-26-11-23-14(9-16(26)27)13-1-2-13/h3,6,9,11-13H,1-2,4-5,7-8,10H2. The first-order valence-electron chi connectivity index (χ1n) is 9.12. The topological polar surface area (TPSA) is 63.9 Å². The van der Waals surface area contributed by atoms with Gasteiger partial charge >= 0.3 is 6.18 Å². The number of nitrogens with zero attached hydrogens (tertiary/aromatic N) is 5. The van der Waals surface area contributed by atoms with Crippen LogP contribution in [0.15, 0.2) is 29.5 Å². The normalized spacial score (nSPS) is 18.7. The first-order valence-corrected chi connectivity index (χ1v) is 9.12. The second-order valence-electron chi connectivity index (χ2n) is 7.25. The minimum absolute atomic E-state index is 0.0319. The lowest BCUT2D eigenvalue weighted by Crippen LogP contribution is -2.37. The maximum Gasteiger partial charge on any atom is 0.433 e. The largest absolute Gasteiger partial charge is 0.433 e. The highest BCUT2D eigenvalue weighted by Gasteiger charge is 2.33. The van der Waals surface area contributed by atoms with E-state index in [0.29, 0.717) is 25.6 Å². The summed E-state index contributed by atoms with van der Waals surface area (Å²) in [5, 5.41) is 0. The molecule has 9 heteroatoms. The molecule has 6 nitrogen and oxygen atoms in total. The fraction of sp³-hybridized carbons (Fsp3) is 0.556. The first-order chi connectivity index (χ1) is 12.9. The third-order valence-corrected chi connectivity index (χ3v) is 5.18. The average molecular weight is 379 g/mol. The summed E-state index contributed by atoms with van der Waals surface area (Å²) >= 11 is 0. The van der Waals surface area contributed by atoms with Gasteiger partial charge in [-0.05, 0) is 37.7 Å². The predicted octanol–water partition coefficient (Wildman–Crippen LogP) is 2.85. The fourth-order valence-electron chi connectivity index (χ4n) is 3.43. The van der Waals surface area contributed by atoms with Crippen molar-refractivity contribution < 1.29 is 13.2 Å². The molecule has 0 amide bonds. The van der Waals surface area contributed by atoms with Crippen LogP contribution in [0.1, 0.15) is 43.0 Å². The Labute approximate surface area is 154 Å². The third-order valence-electron chi connectivity index (χ3n) is 5.18. The molecule has 2 aromatic rings. The molecule has 1 aliphatic carbocycles. The second-order valence-corrected chi connectivity index (χ2v) is 7.25. The van der Waals surface area contributed by atoms with E-state index in [0.717, 1.165) is 43.6 Å². The lowest BCUT2D eigenvalue weighted by atomic mass is 9.97. The number of anilines is 1. The number of piperidine rings is 1. The Morgan fingerprint density at radius 1 is 1.11 bits per heavy atom. The first kappa shape index (κ1) is 17.9. The Morgan fingerprint density at radius 3 is 2.48 bits per heavy atom. The van der Waals surface area contributed by atoms with Crippen LogP contribution in [0.25, 0.3) is 0 Å². The maximum absolute atomic E-state index is 12.8. The van der Waals surface area contributed by atoms with Gasteiger partial charge in [-0.1, -0.05) is 0 Å². The summed E-state index contributed by atoms with van der Waals surface area (Å²) in [7, 11) is 0. The van der Waals surface area contributed by atoms with E-state index >= 15 is 0 Å². The molecule has 27 heavy (non-hydrogen) atoms. The minimum atomic E-state index is -4.48. The molecule has 2 aliphatic rings. The van der Waals surface area contributed by atoms with Crippen molar-refractivity contribution in [3.63, 3.8) is 0 Å². The van der Waals surface area contributed by atoms with Gasteiger partial charge in [0.2, 0.25) is 5.95 Å². The van der Waals surface area contributed by atoms with E-state index in [4.69, 9.17) is 0 Å². The number of hydrogen-bond donors (Lipinski definition) is 0. The van der Waals surface area contributed by atoms with Crippen molar-refractivity contribution in [3.8, 4) is 0 Å². The van der Waals surface area contributed by atoms with Crippen molar-refractivity contribution in [2.75, 3.05) is 18.0 Å². The van der Waals surface area contributed by atoms with Crippen molar-refractivity contribution in [2.24, 2.45) is 5.92 Å². The van der Waals surface area contributed by atoms with Gasteiger partial charge < -0.3 is 4.90 Å². The molecule has 0 unspecified atom stereocenters. The summed E-state index contributed by atoms with van der Waals surface area (Å²) in [6, 6.07) is 2.50. The van der Waals surface area contributed by atoms with Gasteiger partial charge in [-0.25, -0.2) is 15.0 Å². The van der Waals surface area contributed by atoms with Gasteiger partial charge in [-0.3, -0.25) is 9.36 Å². The van der Waals surface area contributed by atoms with Crippen molar-refractivity contribution in [2.45, 2.75) is 44.3 Å². The number of rotatable bonds is 4. The van der Waals surface area contributed by atoms with Gasteiger partial charge in [0.05, 0.1) is 12.0 Å². The van der Waals surface area contributed by atoms with Crippen LogP contribution < -0.4 is 10.5 Å². The van der Waals surface area contributed by atoms with Gasteiger partial charge in [0.25, 0.3) is 5.56 Å². The zero-order valence-electron chi connectivity index (χ0n) is 14.7. The second kappa shape index (κ2) is 6.94. The lowest BCUT2D eigenvalue weighted by molar-refractivity contribution is -0.141. The zero-order chi connectivity index (χ0) is 19.0. The summed E-state index contributed by atoms with van der Waals surface area (Å²) in [4.78, 5) is 26.0. The van der Waals surface area contributed by atoms with Crippen LogP contribution >= 0.6 is 0 Å². The molecule has 144 valence electrons. The molecule has 4 rings (SSSR count). The third kappa shape index (κ3) is 4.12. The highest BCUT2D eigenvalue weighted by atomic mass is 19.4. The van der Waals surface area contributed by atoms with Crippen LogP contribution in [0.4, 0.5) is 19.1 Å². The Bertz CT molecular complexity index is 870. The summed E-state index contributed by atoms with van der Waals surface area (Å²) in [5.41, 5.74) is -0.0775. The summed E-state index contributed by atoms with van der Waals surface area (Å²) in [5.74, 6) is 0.831. The number of alkyl halides is 3. The van der Waals surface area contributed by atoms with Crippen LogP contribution in [-0.2, 0) is 12.7 Å². The molecule has 0 radical (unpaired) electrons. The average Bonchev–Trinajstić information content (AvgIpc) is 3.49.